The van der Waals surface area contributed by atoms with Gasteiger partial charge in [-0.15, -0.1) is 0 Å². The number of morpholine rings is 1. The Bertz CT molecular complexity index is 1370. The van der Waals surface area contributed by atoms with E-state index in [0.29, 0.717) is 50.5 Å². The van der Waals surface area contributed by atoms with Crippen molar-refractivity contribution < 1.29 is 27.1 Å². The third-order valence-corrected chi connectivity index (χ3v) is 6.65. The highest BCUT2D eigenvalue weighted by atomic mass is 19.4. The molecule has 2 aromatic heterocycles. The molecule has 1 N–H and O–H groups in total. The Morgan fingerprint density at radius 1 is 1.11 bits per heavy atom. The average molecular weight is 536 g/mol. The lowest BCUT2D eigenvalue weighted by molar-refractivity contribution is -0.138. The first kappa shape index (κ1) is 25.8. The SMILES string of the molecule is C[C@@H]1CN(c2n[nH]c(=O)c3c(F)cccc23)C[C@H](CC(=O)N2CCN(c3ncc(C(F)(F)F)cn3)CC2)O1. The summed E-state index contributed by atoms with van der Waals surface area (Å²) in [5.74, 6) is -0.164. The number of anilines is 2. The molecule has 0 radical (unpaired) electrons. The van der Waals surface area contributed by atoms with Crippen LogP contribution in [0, 0.1) is 5.82 Å². The third kappa shape index (κ3) is 5.26. The first-order valence-corrected chi connectivity index (χ1v) is 12.1. The number of carbonyl (C=O) groups is 1. The van der Waals surface area contributed by atoms with E-state index in [1.807, 2.05) is 11.8 Å². The minimum atomic E-state index is -4.50. The summed E-state index contributed by atoms with van der Waals surface area (Å²) >= 11 is 0. The molecule has 3 aromatic rings. The standard InChI is InChI=1S/C24H25F4N7O3/c1-14-12-35(21-17-3-2-4-18(25)20(17)22(37)32-31-21)13-16(38-14)9-19(36)33-5-7-34(8-6-33)23-29-10-15(11-30-23)24(26,27)28/h2-4,10-11,14,16H,5-9,12-13H2,1H3,(H,32,37)/t14-,16+/m1/s1. The molecule has 2 atom stereocenters. The van der Waals surface area contributed by atoms with Crippen LogP contribution in [0.2, 0.25) is 0 Å². The number of rotatable bonds is 4. The molecule has 14 heteroatoms. The zero-order valence-corrected chi connectivity index (χ0v) is 20.4. The molecular formula is C24H25F4N7O3. The molecular weight excluding hydrogens is 510 g/mol. The quantitative estimate of drug-likeness (QED) is 0.507. The number of hydrogen-bond donors (Lipinski definition) is 1. The first-order valence-electron chi connectivity index (χ1n) is 12.1. The largest absolute Gasteiger partial charge is 0.419 e. The second kappa shape index (κ2) is 10.2. The molecule has 2 saturated heterocycles. The lowest BCUT2D eigenvalue weighted by atomic mass is 10.1. The maximum Gasteiger partial charge on any atom is 0.419 e. The molecule has 0 bridgehead atoms. The number of amides is 1. The monoisotopic (exact) mass is 535 g/mol. The van der Waals surface area contributed by atoms with Gasteiger partial charge >= 0.3 is 6.18 Å². The Hall–Kier alpha value is -3.81. The molecule has 5 rings (SSSR count). The molecule has 2 fully saturated rings. The maximum atomic E-state index is 14.3. The molecule has 2 aliphatic rings. The van der Waals surface area contributed by atoms with Crippen molar-refractivity contribution in [1.29, 1.82) is 0 Å². The van der Waals surface area contributed by atoms with Crippen molar-refractivity contribution in [3.8, 4) is 0 Å². The van der Waals surface area contributed by atoms with Gasteiger partial charge < -0.3 is 19.4 Å². The van der Waals surface area contributed by atoms with Crippen molar-refractivity contribution >= 4 is 28.4 Å². The smallest absolute Gasteiger partial charge is 0.371 e. The van der Waals surface area contributed by atoms with Crippen molar-refractivity contribution in [2.24, 2.45) is 0 Å². The Morgan fingerprint density at radius 2 is 1.82 bits per heavy atom. The number of hydrogen-bond acceptors (Lipinski definition) is 8. The minimum Gasteiger partial charge on any atom is -0.371 e. The molecule has 0 spiro atoms. The van der Waals surface area contributed by atoms with Crippen molar-refractivity contribution in [3.05, 3.63) is 52.3 Å². The number of aromatic amines is 1. The van der Waals surface area contributed by atoms with E-state index in [1.165, 1.54) is 12.1 Å². The molecule has 0 aliphatic carbocycles. The zero-order chi connectivity index (χ0) is 27.0. The summed E-state index contributed by atoms with van der Waals surface area (Å²) in [5, 5.41) is 6.83. The second-order valence-corrected chi connectivity index (χ2v) is 9.35. The van der Waals surface area contributed by atoms with Crippen LogP contribution in [0.1, 0.15) is 18.9 Å². The number of halogens is 4. The highest BCUT2D eigenvalue weighted by Gasteiger charge is 2.33. The Morgan fingerprint density at radius 3 is 2.50 bits per heavy atom. The number of aromatic nitrogens is 4. The zero-order valence-electron chi connectivity index (χ0n) is 20.4. The average Bonchev–Trinajstić information content (AvgIpc) is 2.88. The summed E-state index contributed by atoms with van der Waals surface area (Å²) in [6, 6.07) is 4.37. The number of ether oxygens (including phenoxy) is 1. The van der Waals surface area contributed by atoms with Crippen molar-refractivity contribution in [1.82, 2.24) is 25.1 Å². The number of piperazine rings is 1. The van der Waals surface area contributed by atoms with Crippen LogP contribution in [0.25, 0.3) is 10.8 Å². The Balaban J connectivity index is 1.22. The van der Waals surface area contributed by atoms with E-state index in [4.69, 9.17) is 4.74 Å². The van der Waals surface area contributed by atoms with Crippen LogP contribution in [-0.2, 0) is 15.7 Å². The molecule has 38 heavy (non-hydrogen) atoms. The van der Waals surface area contributed by atoms with E-state index in [2.05, 4.69) is 20.2 Å². The first-order chi connectivity index (χ1) is 18.1. The van der Waals surface area contributed by atoms with Crippen LogP contribution in [0.4, 0.5) is 29.3 Å². The fourth-order valence-electron chi connectivity index (χ4n) is 4.84. The highest BCUT2D eigenvalue weighted by molar-refractivity contribution is 5.91. The van der Waals surface area contributed by atoms with E-state index in [1.54, 1.807) is 15.9 Å². The molecule has 0 unspecified atom stereocenters. The number of fused-ring (bicyclic) bond motifs is 1. The molecule has 4 heterocycles. The van der Waals surface area contributed by atoms with Crippen LogP contribution in [0.3, 0.4) is 0 Å². The number of alkyl halides is 3. The van der Waals surface area contributed by atoms with Gasteiger partial charge in [-0.3, -0.25) is 9.59 Å². The van der Waals surface area contributed by atoms with Crippen LogP contribution >= 0.6 is 0 Å². The van der Waals surface area contributed by atoms with Gasteiger partial charge in [0.15, 0.2) is 5.82 Å². The van der Waals surface area contributed by atoms with E-state index in [-0.39, 0.29) is 29.8 Å². The molecule has 0 saturated carbocycles. The third-order valence-electron chi connectivity index (χ3n) is 6.65. The molecule has 2 aliphatic heterocycles. The van der Waals surface area contributed by atoms with Gasteiger partial charge in [-0.25, -0.2) is 19.5 Å². The number of H-pyrrole nitrogens is 1. The highest BCUT2D eigenvalue weighted by Crippen LogP contribution is 2.29. The number of nitrogens with zero attached hydrogens (tertiary/aromatic N) is 6. The van der Waals surface area contributed by atoms with E-state index in [0.717, 1.165) is 12.4 Å². The minimum absolute atomic E-state index is 0.0702. The van der Waals surface area contributed by atoms with Crippen LogP contribution in [0.15, 0.2) is 35.4 Å². The summed E-state index contributed by atoms with van der Waals surface area (Å²) < 4.78 is 58.6. The van der Waals surface area contributed by atoms with Gasteiger partial charge in [0, 0.05) is 57.0 Å². The number of carbonyl (C=O) groups excluding carboxylic acids is 1. The lowest BCUT2D eigenvalue weighted by Gasteiger charge is -2.39. The molecule has 202 valence electrons. The lowest BCUT2D eigenvalue weighted by Crippen LogP contribution is -2.52. The van der Waals surface area contributed by atoms with E-state index in [9.17, 15) is 27.2 Å². The summed E-state index contributed by atoms with van der Waals surface area (Å²) in [4.78, 5) is 38.1. The van der Waals surface area contributed by atoms with Gasteiger partial charge in [-0.1, -0.05) is 12.1 Å². The predicted octanol–water partition coefficient (Wildman–Crippen LogP) is 2.20. The number of nitrogens with one attached hydrogen (secondary N) is 1. The van der Waals surface area contributed by atoms with Crippen LogP contribution in [-0.4, -0.2) is 82.4 Å². The second-order valence-electron chi connectivity index (χ2n) is 9.35. The number of benzene rings is 1. The summed E-state index contributed by atoms with van der Waals surface area (Å²) in [6.45, 7) is 4.11. The van der Waals surface area contributed by atoms with E-state index >= 15 is 0 Å². The molecule has 10 nitrogen and oxygen atoms in total. The fraction of sp³-hybridized carbons (Fsp3) is 0.458. The molecule has 1 aromatic carbocycles. The van der Waals surface area contributed by atoms with Crippen molar-refractivity contribution in [2.75, 3.05) is 49.1 Å². The molecule has 1 amide bonds. The topological polar surface area (TPSA) is 108 Å². The summed E-state index contributed by atoms with van der Waals surface area (Å²) in [6.07, 6.45) is -3.60. The fourth-order valence-corrected chi connectivity index (χ4v) is 4.84. The van der Waals surface area contributed by atoms with Crippen molar-refractivity contribution in [3.63, 3.8) is 0 Å². The Labute approximate surface area is 214 Å². The van der Waals surface area contributed by atoms with Crippen LogP contribution in [0.5, 0.6) is 0 Å². The maximum absolute atomic E-state index is 14.3. The van der Waals surface area contributed by atoms with Gasteiger partial charge in [0.05, 0.1) is 29.6 Å². The Kier molecular flexibility index (Phi) is 6.90. The van der Waals surface area contributed by atoms with Gasteiger partial charge in [0.1, 0.15) is 5.82 Å². The van der Waals surface area contributed by atoms with Gasteiger partial charge in [-0.05, 0) is 13.0 Å². The van der Waals surface area contributed by atoms with Gasteiger partial charge in [0.2, 0.25) is 11.9 Å². The predicted molar refractivity (Wildman–Crippen MR) is 129 cm³/mol. The van der Waals surface area contributed by atoms with Crippen molar-refractivity contribution in [2.45, 2.75) is 31.7 Å². The van der Waals surface area contributed by atoms with Gasteiger partial charge in [-0.2, -0.15) is 18.3 Å². The van der Waals surface area contributed by atoms with E-state index < -0.39 is 29.2 Å². The summed E-state index contributed by atoms with van der Waals surface area (Å²) in [5.41, 5.74) is -1.53. The summed E-state index contributed by atoms with van der Waals surface area (Å²) in [7, 11) is 0. The van der Waals surface area contributed by atoms with Gasteiger partial charge in [0.25, 0.3) is 5.56 Å². The van der Waals surface area contributed by atoms with Crippen LogP contribution < -0.4 is 15.4 Å². The normalized spacial score (nSPS) is 20.7.